The van der Waals surface area contributed by atoms with Crippen LogP contribution in [-0.2, 0) is 4.74 Å². The van der Waals surface area contributed by atoms with Crippen molar-refractivity contribution in [1.82, 2.24) is 10.7 Å². The van der Waals surface area contributed by atoms with Crippen molar-refractivity contribution in [2.45, 2.75) is 0 Å². The van der Waals surface area contributed by atoms with Crippen LogP contribution in [0, 0.1) is 0 Å². The van der Waals surface area contributed by atoms with Crippen molar-refractivity contribution in [2.24, 2.45) is 0 Å². The molecule has 0 spiro atoms. The van der Waals surface area contributed by atoms with Crippen LogP contribution in [0.4, 0.5) is 15.3 Å². The summed E-state index contributed by atoms with van der Waals surface area (Å²) < 4.78 is 4.43. The number of alkyl halides is 1. The number of hydrogen-bond donors (Lipinski definition) is 3. The Kier molecular flexibility index (Phi) is 6.20. The fourth-order valence-electron chi connectivity index (χ4n) is 1.24. The number of urea groups is 1. The summed E-state index contributed by atoms with van der Waals surface area (Å²) in [6.45, 7) is 0.214. The summed E-state index contributed by atoms with van der Waals surface area (Å²) in [4.78, 5) is 23.2. The van der Waals surface area contributed by atoms with Gasteiger partial charge >= 0.3 is 12.1 Å². The highest BCUT2D eigenvalue weighted by Crippen LogP contribution is 2.27. The van der Waals surface area contributed by atoms with Gasteiger partial charge in [-0.15, -0.1) is 11.6 Å². The van der Waals surface area contributed by atoms with E-state index in [1.165, 1.54) is 18.2 Å². The highest BCUT2D eigenvalue weighted by atomic mass is 35.5. The first-order chi connectivity index (χ1) is 9.49. The molecule has 0 radical (unpaired) electrons. The Morgan fingerprint density at radius 3 is 2.70 bits per heavy atom. The maximum absolute atomic E-state index is 11.9. The highest BCUT2D eigenvalue weighted by Gasteiger charge is 2.19. The summed E-state index contributed by atoms with van der Waals surface area (Å²) >= 11 is 11.2. The molecule has 0 atom stereocenters. The average Bonchev–Trinajstić information content (AvgIpc) is 2.44. The van der Waals surface area contributed by atoms with Crippen LogP contribution >= 0.6 is 23.2 Å². The molecule has 0 saturated heterocycles. The predicted octanol–water partition coefficient (Wildman–Crippen LogP) is 2.07. The van der Waals surface area contributed by atoms with Gasteiger partial charge in [0.15, 0.2) is 0 Å². The number of anilines is 1. The Hall–Kier alpha value is -1.86. The lowest BCUT2D eigenvalue weighted by Gasteiger charge is -2.23. The van der Waals surface area contributed by atoms with Gasteiger partial charge in [-0.2, -0.15) is 0 Å². The van der Waals surface area contributed by atoms with Gasteiger partial charge in [-0.05, 0) is 18.2 Å². The van der Waals surface area contributed by atoms with E-state index >= 15 is 0 Å². The Balaban J connectivity index is 2.99. The van der Waals surface area contributed by atoms with Crippen molar-refractivity contribution in [3.63, 3.8) is 0 Å². The molecule has 0 aliphatic heterocycles. The van der Waals surface area contributed by atoms with Crippen LogP contribution < -0.4 is 15.8 Å². The molecule has 1 aromatic carbocycles. The Bertz CT molecular complexity index is 499. The van der Waals surface area contributed by atoms with Crippen molar-refractivity contribution in [3.05, 3.63) is 23.2 Å². The van der Waals surface area contributed by atoms with E-state index in [-0.39, 0.29) is 28.9 Å². The first-order valence-corrected chi connectivity index (χ1v) is 6.38. The number of halogens is 2. The van der Waals surface area contributed by atoms with Crippen LogP contribution in [0.3, 0.4) is 0 Å². The summed E-state index contributed by atoms with van der Waals surface area (Å²) in [5, 5.41) is 12.8. The van der Waals surface area contributed by atoms with Gasteiger partial charge in [-0.1, -0.05) is 11.6 Å². The van der Waals surface area contributed by atoms with E-state index < -0.39 is 12.1 Å². The van der Waals surface area contributed by atoms with Crippen molar-refractivity contribution >= 4 is 41.0 Å². The minimum atomic E-state index is -0.838. The van der Waals surface area contributed by atoms with Crippen LogP contribution in [0.1, 0.15) is 0 Å². The third kappa shape index (κ3) is 4.36. The summed E-state index contributed by atoms with van der Waals surface area (Å²) in [6.07, 6.45) is -0.838. The fourth-order valence-corrected chi connectivity index (χ4v) is 1.51. The quantitative estimate of drug-likeness (QED) is 0.587. The molecule has 1 aromatic rings. The van der Waals surface area contributed by atoms with Gasteiger partial charge in [-0.25, -0.2) is 20.0 Å². The van der Waals surface area contributed by atoms with E-state index in [4.69, 9.17) is 23.2 Å². The molecule has 0 unspecified atom stereocenters. The maximum Gasteiger partial charge on any atom is 0.426 e. The largest absolute Gasteiger partial charge is 0.506 e. The number of nitrogens with one attached hydrogen (secondary N) is 2. The Morgan fingerprint density at radius 1 is 1.45 bits per heavy atom. The van der Waals surface area contributed by atoms with Gasteiger partial charge < -0.3 is 15.2 Å². The van der Waals surface area contributed by atoms with E-state index in [9.17, 15) is 14.7 Å². The number of hydrazine groups is 1. The topological polar surface area (TPSA) is 90.9 Å². The van der Waals surface area contributed by atoms with Gasteiger partial charge in [0, 0.05) is 12.4 Å². The summed E-state index contributed by atoms with van der Waals surface area (Å²) in [5.74, 6) is 0.0725. The van der Waals surface area contributed by atoms with Gasteiger partial charge in [0.25, 0.3) is 0 Å². The molecule has 0 heterocycles. The third-order valence-electron chi connectivity index (χ3n) is 2.15. The zero-order valence-corrected chi connectivity index (χ0v) is 12.0. The number of phenols is 1. The highest BCUT2D eigenvalue weighted by molar-refractivity contribution is 6.32. The number of benzene rings is 1. The van der Waals surface area contributed by atoms with Crippen LogP contribution in [0.25, 0.3) is 0 Å². The zero-order chi connectivity index (χ0) is 15.1. The van der Waals surface area contributed by atoms with Gasteiger partial charge in [0.05, 0.1) is 17.8 Å². The molecule has 0 aliphatic rings. The van der Waals surface area contributed by atoms with Crippen molar-refractivity contribution in [2.75, 3.05) is 24.5 Å². The molecule has 0 aliphatic carbocycles. The van der Waals surface area contributed by atoms with Gasteiger partial charge in [0.2, 0.25) is 0 Å². The molecule has 0 saturated carbocycles. The smallest absolute Gasteiger partial charge is 0.426 e. The van der Waals surface area contributed by atoms with Crippen molar-refractivity contribution in [3.8, 4) is 5.75 Å². The van der Waals surface area contributed by atoms with Crippen LogP contribution in [0.15, 0.2) is 18.2 Å². The van der Waals surface area contributed by atoms with Crippen LogP contribution in [0.5, 0.6) is 5.75 Å². The number of methoxy groups -OCH3 is 1. The molecule has 0 bridgehead atoms. The van der Waals surface area contributed by atoms with E-state index in [2.05, 4.69) is 15.5 Å². The minimum Gasteiger partial charge on any atom is -0.506 e. The summed E-state index contributed by atoms with van der Waals surface area (Å²) in [6, 6.07) is 3.38. The number of hydrogen-bond acceptors (Lipinski definition) is 4. The monoisotopic (exact) mass is 321 g/mol. The maximum atomic E-state index is 11.9. The zero-order valence-electron chi connectivity index (χ0n) is 10.5. The third-order valence-corrected chi connectivity index (χ3v) is 2.64. The predicted molar refractivity (Wildman–Crippen MR) is 75.3 cm³/mol. The Labute approximate surface area is 125 Å². The summed E-state index contributed by atoms with van der Waals surface area (Å²) in [7, 11) is 1.16. The molecular formula is C11H13Cl2N3O4. The molecule has 0 fully saturated rings. The number of carbonyl (C=O) groups is 2. The average molecular weight is 322 g/mol. The van der Waals surface area contributed by atoms with Crippen LogP contribution in [-0.4, -0.2) is 36.8 Å². The van der Waals surface area contributed by atoms with E-state index in [0.29, 0.717) is 0 Å². The second-order valence-corrected chi connectivity index (χ2v) is 4.28. The lowest BCUT2D eigenvalue weighted by molar-refractivity contribution is 0.169. The lowest BCUT2D eigenvalue weighted by atomic mass is 10.3. The Morgan fingerprint density at radius 2 is 2.15 bits per heavy atom. The molecule has 3 amide bonds. The standard InChI is InChI=1S/C11H13Cl2N3O4/c1-20-11(19)15-16(10(18)14-5-4-12)7-2-3-9(17)8(13)6-7/h2-3,6,17H,4-5H2,1H3,(H,14,18)(H,15,19). The number of rotatable bonds is 3. The number of nitrogens with zero attached hydrogens (tertiary/aromatic N) is 1. The van der Waals surface area contributed by atoms with Gasteiger partial charge in [0.1, 0.15) is 5.75 Å². The first-order valence-electron chi connectivity index (χ1n) is 5.46. The number of amides is 3. The number of phenolic OH excluding ortho intramolecular Hbond substituents is 1. The number of carbonyl (C=O) groups excluding carboxylic acids is 2. The summed E-state index contributed by atoms with van der Waals surface area (Å²) in [5.41, 5.74) is 2.46. The number of ether oxygens (including phenoxy) is 1. The molecule has 7 nitrogen and oxygen atoms in total. The number of aromatic hydroxyl groups is 1. The molecular weight excluding hydrogens is 309 g/mol. The molecule has 20 heavy (non-hydrogen) atoms. The van der Waals surface area contributed by atoms with E-state index in [0.717, 1.165) is 12.1 Å². The SMILES string of the molecule is COC(=O)NN(C(=O)NCCCl)c1ccc(O)c(Cl)c1. The van der Waals surface area contributed by atoms with Crippen LogP contribution in [0.2, 0.25) is 5.02 Å². The molecule has 3 N–H and O–H groups in total. The second-order valence-electron chi connectivity index (χ2n) is 3.50. The second kappa shape index (κ2) is 7.66. The van der Waals surface area contributed by atoms with Crippen molar-refractivity contribution in [1.29, 1.82) is 0 Å². The lowest BCUT2D eigenvalue weighted by Crippen LogP contribution is -2.51. The molecule has 9 heteroatoms. The fraction of sp³-hybridized carbons (Fsp3) is 0.273. The normalized spacial score (nSPS) is 9.75. The molecule has 110 valence electrons. The molecule has 0 aromatic heterocycles. The molecule has 1 rings (SSSR count). The van der Waals surface area contributed by atoms with Crippen molar-refractivity contribution < 1.29 is 19.4 Å². The minimum absolute atomic E-state index is 0.0318. The first kappa shape index (κ1) is 16.2. The van der Waals surface area contributed by atoms with E-state index in [1.807, 2.05) is 0 Å². The van der Waals surface area contributed by atoms with E-state index in [1.54, 1.807) is 0 Å². The van der Waals surface area contributed by atoms with Gasteiger partial charge in [-0.3, -0.25) is 0 Å².